The lowest BCUT2D eigenvalue weighted by Crippen LogP contribution is -2.33. The van der Waals surface area contributed by atoms with E-state index in [4.69, 9.17) is 4.74 Å². The van der Waals surface area contributed by atoms with Crippen LogP contribution in [-0.2, 0) is 6.18 Å². The quantitative estimate of drug-likeness (QED) is 0.830. The van der Waals surface area contributed by atoms with Gasteiger partial charge in [0.2, 0.25) is 0 Å². The highest BCUT2D eigenvalue weighted by atomic mass is 19.4. The Hall–Kier alpha value is -2.05. The third-order valence-corrected chi connectivity index (χ3v) is 4.80. The first kappa shape index (κ1) is 19.7. The molecule has 0 saturated carbocycles. The van der Waals surface area contributed by atoms with E-state index in [9.17, 15) is 13.2 Å². The number of hydrogen-bond donors (Lipinski definition) is 1. The van der Waals surface area contributed by atoms with Gasteiger partial charge in [-0.1, -0.05) is 24.3 Å². The van der Waals surface area contributed by atoms with E-state index in [1.54, 1.807) is 12.1 Å². The van der Waals surface area contributed by atoms with Crippen LogP contribution in [0.5, 0.6) is 5.75 Å². The molecule has 6 heteroatoms. The molecule has 1 saturated heterocycles. The van der Waals surface area contributed by atoms with Gasteiger partial charge in [0.25, 0.3) is 0 Å². The van der Waals surface area contributed by atoms with E-state index >= 15 is 0 Å². The monoisotopic (exact) mass is 378 g/mol. The number of benzene rings is 2. The minimum absolute atomic E-state index is 0.0807. The van der Waals surface area contributed by atoms with Crippen molar-refractivity contribution in [1.29, 1.82) is 0 Å². The van der Waals surface area contributed by atoms with Gasteiger partial charge in [-0.25, -0.2) is 0 Å². The zero-order chi connectivity index (χ0) is 19.3. The molecule has 2 aromatic carbocycles. The molecular weight excluding hydrogens is 353 g/mol. The molecule has 0 amide bonds. The van der Waals surface area contributed by atoms with Crippen molar-refractivity contribution in [2.24, 2.45) is 0 Å². The van der Waals surface area contributed by atoms with Crippen LogP contribution in [0.4, 0.5) is 13.2 Å². The highest BCUT2D eigenvalue weighted by Gasteiger charge is 2.31. The van der Waals surface area contributed by atoms with Gasteiger partial charge in [-0.15, -0.1) is 0 Å². The van der Waals surface area contributed by atoms with Gasteiger partial charge < -0.3 is 10.1 Å². The number of rotatable bonds is 5. The molecular formula is C21H25F3N2O. The second kappa shape index (κ2) is 8.76. The van der Waals surface area contributed by atoms with E-state index in [0.717, 1.165) is 49.5 Å². The number of halogens is 3. The molecule has 0 aromatic heterocycles. The maximum Gasteiger partial charge on any atom is 0.416 e. The molecule has 1 N–H and O–H groups in total. The van der Waals surface area contributed by atoms with E-state index in [1.807, 2.05) is 31.2 Å². The molecule has 27 heavy (non-hydrogen) atoms. The highest BCUT2D eigenvalue weighted by molar-refractivity contribution is 5.37. The zero-order valence-electron chi connectivity index (χ0n) is 15.4. The predicted octanol–water partition coefficient (Wildman–Crippen LogP) is 4.49. The molecule has 1 atom stereocenters. The smallest absolute Gasteiger partial charge is 0.416 e. The zero-order valence-corrected chi connectivity index (χ0v) is 15.4. The summed E-state index contributed by atoms with van der Waals surface area (Å²) >= 11 is 0. The Labute approximate surface area is 158 Å². The Bertz CT molecular complexity index is 706. The first-order chi connectivity index (χ1) is 13.0. The molecule has 0 aliphatic carbocycles. The van der Waals surface area contributed by atoms with Crippen molar-refractivity contribution in [2.75, 3.05) is 32.8 Å². The number of hydrogen-bond acceptors (Lipinski definition) is 3. The molecule has 3 rings (SSSR count). The van der Waals surface area contributed by atoms with E-state index in [2.05, 4.69) is 10.2 Å². The molecule has 1 fully saturated rings. The SMILES string of the molecule is CCOc1ccc(C(c2ccc(C(F)(F)F)cc2)N2CCCNCC2)cc1. The normalized spacial score (nSPS) is 17.3. The van der Waals surface area contributed by atoms with E-state index in [-0.39, 0.29) is 6.04 Å². The molecule has 1 aliphatic rings. The van der Waals surface area contributed by atoms with Crippen molar-refractivity contribution in [2.45, 2.75) is 25.6 Å². The van der Waals surface area contributed by atoms with Crippen molar-refractivity contribution in [1.82, 2.24) is 10.2 Å². The van der Waals surface area contributed by atoms with Crippen LogP contribution in [0.2, 0.25) is 0 Å². The summed E-state index contributed by atoms with van der Waals surface area (Å²) < 4.78 is 44.3. The second-order valence-electron chi connectivity index (χ2n) is 6.66. The summed E-state index contributed by atoms with van der Waals surface area (Å²) in [6, 6.07) is 13.3. The fourth-order valence-electron chi connectivity index (χ4n) is 3.51. The third kappa shape index (κ3) is 5.02. The van der Waals surface area contributed by atoms with Gasteiger partial charge in [-0.05, 0) is 55.3 Å². The summed E-state index contributed by atoms with van der Waals surface area (Å²) in [6.07, 6.45) is -3.31. The molecule has 146 valence electrons. The summed E-state index contributed by atoms with van der Waals surface area (Å²) in [6.45, 7) is 6.10. The van der Waals surface area contributed by atoms with Crippen molar-refractivity contribution in [3.05, 3.63) is 65.2 Å². The van der Waals surface area contributed by atoms with Crippen molar-refractivity contribution in [3.8, 4) is 5.75 Å². The lowest BCUT2D eigenvalue weighted by atomic mass is 9.95. The van der Waals surface area contributed by atoms with Crippen molar-refractivity contribution in [3.63, 3.8) is 0 Å². The van der Waals surface area contributed by atoms with Crippen molar-refractivity contribution >= 4 is 0 Å². The number of ether oxygens (including phenoxy) is 1. The van der Waals surface area contributed by atoms with Gasteiger partial charge in [0.05, 0.1) is 18.2 Å². The molecule has 3 nitrogen and oxygen atoms in total. The van der Waals surface area contributed by atoms with Gasteiger partial charge in [0.1, 0.15) is 5.75 Å². The maximum atomic E-state index is 12.9. The molecule has 0 radical (unpaired) electrons. The first-order valence-corrected chi connectivity index (χ1v) is 9.33. The minimum atomic E-state index is -4.32. The van der Waals surface area contributed by atoms with Gasteiger partial charge in [-0.2, -0.15) is 13.2 Å². The topological polar surface area (TPSA) is 24.5 Å². The van der Waals surface area contributed by atoms with Crippen LogP contribution in [0.15, 0.2) is 48.5 Å². The van der Waals surface area contributed by atoms with Gasteiger partial charge in [0.15, 0.2) is 0 Å². The van der Waals surface area contributed by atoms with Crippen LogP contribution in [0.1, 0.15) is 36.1 Å². The third-order valence-electron chi connectivity index (χ3n) is 4.80. The van der Waals surface area contributed by atoms with Crippen LogP contribution in [0.25, 0.3) is 0 Å². The molecule has 0 spiro atoms. The summed E-state index contributed by atoms with van der Waals surface area (Å²) in [5.74, 6) is 0.796. The average molecular weight is 378 g/mol. The molecule has 1 unspecified atom stereocenters. The second-order valence-corrected chi connectivity index (χ2v) is 6.66. The Morgan fingerprint density at radius 2 is 1.59 bits per heavy atom. The highest BCUT2D eigenvalue weighted by Crippen LogP contribution is 2.34. The fraction of sp³-hybridized carbons (Fsp3) is 0.429. The molecule has 1 heterocycles. The Morgan fingerprint density at radius 1 is 0.963 bits per heavy atom. The summed E-state index contributed by atoms with van der Waals surface area (Å²) in [4.78, 5) is 2.33. The standard InChI is InChI=1S/C21H25F3N2O/c1-2-27-19-10-6-17(7-11-19)20(26-14-3-12-25-13-15-26)16-4-8-18(9-5-16)21(22,23)24/h4-11,20,25H,2-3,12-15H2,1H3. The summed E-state index contributed by atoms with van der Waals surface area (Å²) in [7, 11) is 0. The first-order valence-electron chi connectivity index (χ1n) is 9.33. The van der Waals surface area contributed by atoms with Gasteiger partial charge in [-0.3, -0.25) is 4.90 Å². The Morgan fingerprint density at radius 3 is 2.19 bits per heavy atom. The Balaban J connectivity index is 1.93. The fourth-order valence-corrected chi connectivity index (χ4v) is 3.51. The van der Waals surface area contributed by atoms with Crippen LogP contribution in [-0.4, -0.2) is 37.7 Å². The molecule has 0 bridgehead atoms. The average Bonchev–Trinajstić information content (AvgIpc) is 2.93. The van der Waals surface area contributed by atoms with E-state index in [1.165, 1.54) is 12.1 Å². The van der Waals surface area contributed by atoms with Gasteiger partial charge in [0, 0.05) is 19.6 Å². The number of nitrogens with zero attached hydrogens (tertiary/aromatic N) is 1. The van der Waals surface area contributed by atoms with E-state index < -0.39 is 11.7 Å². The summed E-state index contributed by atoms with van der Waals surface area (Å²) in [5, 5.41) is 3.38. The van der Waals surface area contributed by atoms with E-state index in [0.29, 0.717) is 6.61 Å². The lowest BCUT2D eigenvalue weighted by molar-refractivity contribution is -0.137. The minimum Gasteiger partial charge on any atom is -0.494 e. The van der Waals surface area contributed by atoms with Crippen LogP contribution in [0, 0.1) is 0 Å². The van der Waals surface area contributed by atoms with Crippen molar-refractivity contribution < 1.29 is 17.9 Å². The van der Waals surface area contributed by atoms with Crippen LogP contribution >= 0.6 is 0 Å². The largest absolute Gasteiger partial charge is 0.494 e. The van der Waals surface area contributed by atoms with Crippen LogP contribution in [0.3, 0.4) is 0 Å². The predicted molar refractivity (Wildman–Crippen MR) is 100.0 cm³/mol. The lowest BCUT2D eigenvalue weighted by Gasteiger charge is -2.31. The maximum absolute atomic E-state index is 12.9. The number of nitrogens with one attached hydrogen (secondary N) is 1. The molecule has 2 aromatic rings. The summed E-state index contributed by atoms with van der Waals surface area (Å²) in [5.41, 5.74) is 1.31. The Kier molecular flexibility index (Phi) is 6.39. The van der Waals surface area contributed by atoms with Gasteiger partial charge >= 0.3 is 6.18 Å². The number of alkyl halides is 3. The molecule has 1 aliphatic heterocycles. The van der Waals surface area contributed by atoms with Crippen LogP contribution < -0.4 is 10.1 Å².